The van der Waals surface area contributed by atoms with Crippen LogP contribution in [0.5, 0.6) is 11.5 Å². The minimum Gasteiger partial charge on any atom is -0.508 e. The second kappa shape index (κ2) is 6.83. The predicted molar refractivity (Wildman–Crippen MR) is 81.2 cm³/mol. The van der Waals surface area contributed by atoms with Gasteiger partial charge in [-0.3, -0.25) is 14.6 Å². The third-order valence-electron chi connectivity index (χ3n) is 2.96. The number of carbonyl (C=O) groups excluding carboxylic acids is 1. The summed E-state index contributed by atoms with van der Waals surface area (Å²) in [7, 11) is 0. The molecule has 0 saturated carbocycles. The fraction of sp³-hybridized carbons (Fsp3) is 0.333. The van der Waals surface area contributed by atoms with E-state index in [-0.39, 0.29) is 17.1 Å². The summed E-state index contributed by atoms with van der Waals surface area (Å²) < 4.78 is 34.3. The first-order valence-corrected chi connectivity index (χ1v) is 6.96. The lowest BCUT2D eigenvalue weighted by molar-refractivity contribution is -0.264. The Labute approximate surface area is 136 Å². The van der Waals surface area contributed by atoms with Crippen molar-refractivity contribution < 1.29 is 28.2 Å². The Bertz CT molecular complexity index is 731. The standard InChI is InChI=1S/C15H17F2N3O4/c1-8-7-18-20-12(8)19-13(22)9-4-10(21)6-11(5-9)23-15(2,3)24-14(16)17/h4-7,14,21H,1-3H3,(H2,18,19,20,22). The minimum absolute atomic E-state index is 0.00660. The van der Waals surface area contributed by atoms with Gasteiger partial charge in [-0.1, -0.05) is 0 Å². The number of amides is 1. The number of rotatable bonds is 6. The molecule has 0 saturated heterocycles. The molecule has 1 aromatic heterocycles. The van der Waals surface area contributed by atoms with Crippen molar-refractivity contribution in [3.8, 4) is 11.5 Å². The normalized spacial score (nSPS) is 11.6. The van der Waals surface area contributed by atoms with Gasteiger partial charge in [0.25, 0.3) is 5.91 Å². The maximum absolute atomic E-state index is 12.3. The van der Waals surface area contributed by atoms with Crippen LogP contribution in [0.2, 0.25) is 0 Å². The van der Waals surface area contributed by atoms with Gasteiger partial charge in [-0.05, 0) is 19.1 Å². The number of phenolic OH excluding ortho intramolecular Hbond substituents is 1. The zero-order chi connectivity index (χ0) is 17.9. The molecule has 2 aromatic rings. The van der Waals surface area contributed by atoms with Crippen LogP contribution < -0.4 is 10.1 Å². The molecule has 0 radical (unpaired) electrons. The van der Waals surface area contributed by atoms with Gasteiger partial charge in [-0.15, -0.1) is 0 Å². The average Bonchev–Trinajstić information content (AvgIpc) is 2.81. The summed E-state index contributed by atoms with van der Waals surface area (Å²) in [6.07, 6.45) is 1.54. The number of halogens is 2. The van der Waals surface area contributed by atoms with Crippen molar-refractivity contribution in [2.75, 3.05) is 5.32 Å². The molecule has 0 aliphatic rings. The van der Waals surface area contributed by atoms with Gasteiger partial charge in [0, 0.05) is 31.0 Å². The quantitative estimate of drug-likeness (QED) is 0.702. The number of anilines is 1. The third-order valence-corrected chi connectivity index (χ3v) is 2.96. The SMILES string of the molecule is Cc1cn[nH]c1NC(=O)c1cc(O)cc(OC(C)(C)OC(F)F)c1. The summed E-state index contributed by atoms with van der Waals surface area (Å²) in [6.45, 7) is 1.30. The van der Waals surface area contributed by atoms with Crippen LogP contribution in [0, 0.1) is 6.92 Å². The maximum atomic E-state index is 12.3. The summed E-state index contributed by atoms with van der Waals surface area (Å²) in [6, 6.07) is 3.71. The van der Waals surface area contributed by atoms with Crippen molar-refractivity contribution in [2.45, 2.75) is 33.2 Å². The number of aryl methyl sites for hydroxylation is 1. The molecule has 7 nitrogen and oxygen atoms in total. The van der Waals surface area contributed by atoms with E-state index in [4.69, 9.17) is 4.74 Å². The average molecular weight is 341 g/mol. The molecule has 24 heavy (non-hydrogen) atoms. The van der Waals surface area contributed by atoms with Gasteiger partial charge < -0.3 is 15.2 Å². The largest absolute Gasteiger partial charge is 0.508 e. The van der Waals surface area contributed by atoms with E-state index in [0.29, 0.717) is 5.82 Å². The molecule has 0 aliphatic carbocycles. The van der Waals surface area contributed by atoms with Crippen LogP contribution in [0.25, 0.3) is 0 Å². The highest BCUT2D eigenvalue weighted by molar-refractivity contribution is 6.04. The number of carbonyl (C=O) groups is 1. The molecule has 1 aromatic carbocycles. The van der Waals surface area contributed by atoms with Crippen LogP contribution in [0.15, 0.2) is 24.4 Å². The van der Waals surface area contributed by atoms with Gasteiger partial charge in [-0.25, -0.2) is 0 Å². The molecule has 3 N–H and O–H groups in total. The van der Waals surface area contributed by atoms with Gasteiger partial charge in [0.2, 0.25) is 5.79 Å². The van der Waals surface area contributed by atoms with E-state index < -0.39 is 18.3 Å². The highest BCUT2D eigenvalue weighted by atomic mass is 19.3. The highest BCUT2D eigenvalue weighted by Crippen LogP contribution is 2.27. The molecule has 9 heteroatoms. The number of nitrogens with one attached hydrogen (secondary N) is 2. The monoisotopic (exact) mass is 341 g/mol. The van der Waals surface area contributed by atoms with Gasteiger partial charge >= 0.3 is 6.61 Å². The molecule has 130 valence electrons. The summed E-state index contributed by atoms with van der Waals surface area (Å²) in [5.74, 6) is -2.02. The number of aromatic amines is 1. The van der Waals surface area contributed by atoms with Gasteiger partial charge in [0.15, 0.2) is 0 Å². The second-order valence-corrected chi connectivity index (χ2v) is 5.48. The van der Waals surface area contributed by atoms with Crippen LogP contribution in [-0.2, 0) is 4.74 Å². The molecule has 0 bridgehead atoms. The second-order valence-electron chi connectivity index (χ2n) is 5.48. The van der Waals surface area contributed by atoms with Crippen molar-refractivity contribution >= 4 is 11.7 Å². The number of hydrogen-bond acceptors (Lipinski definition) is 5. The molecule has 0 spiro atoms. The Morgan fingerprint density at radius 1 is 1.38 bits per heavy atom. The molecular weight excluding hydrogens is 324 g/mol. The van der Waals surface area contributed by atoms with Crippen molar-refractivity contribution in [2.24, 2.45) is 0 Å². The van der Waals surface area contributed by atoms with E-state index in [1.165, 1.54) is 38.2 Å². The molecule has 0 unspecified atom stereocenters. The van der Waals surface area contributed by atoms with Crippen LogP contribution in [-0.4, -0.2) is 33.6 Å². The van der Waals surface area contributed by atoms with Gasteiger partial charge in [0.1, 0.15) is 17.3 Å². The van der Waals surface area contributed by atoms with E-state index in [1.54, 1.807) is 6.92 Å². The Morgan fingerprint density at radius 2 is 2.08 bits per heavy atom. The lowest BCUT2D eigenvalue weighted by Gasteiger charge is -2.26. The molecule has 0 fully saturated rings. The lowest BCUT2D eigenvalue weighted by atomic mass is 10.2. The number of phenols is 1. The number of ether oxygens (including phenoxy) is 2. The number of aromatic nitrogens is 2. The fourth-order valence-electron chi connectivity index (χ4n) is 1.95. The smallest absolute Gasteiger partial charge is 0.348 e. The van der Waals surface area contributed by atoms with E-state index in [0.717, 1.165) is 5.56 Å². The Balaban J connectivity index is 2.19. The van der Waals surface area contributed by atoms with E-state index in [1.807, 2.05) is 0 Å². The number of alkyl halides is 2. The first-order chi connectivity index (χ1) is 11.2. The van der Waals surface area contributed by atoms with Gasteiger partial charge in [0.05, 0.1) is 6.20 Å². The summed E-state index contributed by atoms with van der Waals surface area (Å²) >= 11 is 0. The zero-order valence-corrected chi connectivity index (χ0v) is 13.3. The minimum atomic E-state index is -3.02. The molecule has 1 amide bonds. The van der Waals surface area contributed by atoms with Crippen molar-refractivity contribution in [3.05, 3.63) is 35.5 Å². The lowest BCUT2D eigenvalue weighted by Crippen LogP contribution is -2.33. The van der Waals surface area contributed by atoms with E-state index in [2.05, 4.69) is 20.3 Å². The first-order valence-electron chi connectivity index (χ1n) is 6.96. The maximum Gasteiger partial charge on any atom is 0.348 e. The van der Waals surface area contributed by atoms with E-state index >= 15 is 0 Å². The number of benzene rings is 1. The summed E-state index contributed by atoms with van der Waals surface area (Å²) in [4.78, 5) is 12.2. The third kappa shape index (κ3) is 4.66. The molecule has 0 aliphatic heterocycles. The number of aromatic hydroxyl groups is 1. The number of H-pyrrole nitrogens is 1. The Kier molecular flexibility index (Phi) is 5.03. The summed E-state index contributed by atoms with van der Waals surface area (Å²) in [5, 5.41) is 18.7. The van der Waals surface area contributed by atoms with Crippen LogP contribution >= 0.6 is 0 Å². The molecular formula is C15H17F2N3O4. The highest BCUT2D eigenvalue weighted by Gasteiger charge is 2.26. The number of hydrogen-bond donors (Lipinski definition) is 3. The van der Waals surface area contributed by atoms with Crippen molar-refractivity contribution in [1.29, 1.82) is 0 Å². The van der Waals surface area contributed by atoms with Crippen LogP contribution in [0.1, 0.15) is 29.8 Å². The Morgan fingerprint density at radius 3 is 2.67 bits per heavy atom. The molecule has 1 heterocycles. The Hall–Kier alpha value is -2.68. The summed E-state index contributed by atoms with van der Waals surface area (Å²) in [5.41, 5.74) is 0.804. The molecule has 0 atom stereocenters. The van der Waals surface area contributed by atoms with Crippen molar-refractivity contribution in [1.82, 2.24) is 10.2 Å². The van der Waals surface area contributed by atoms with Crippen molar-refractivity contribution in [3.63, 3.8) is 0 Å². The van der Waals surface area contributed by atoms with Crippen LogP contribution in [0.4, 0.5) is 14.6 Å². The van der Waals surface area contributed by atoms with E-state index in [9.17, 15) is 18.7 Å². The predicted octanol–water partition coefficient (Wildman–Crippen LogP) is 3.03. The van der Waals surface area contributed by atoms with Gasteiger partial charge in [-0.2, -0.15) is 13.9 Å². The first kappa shape index (κ1) is 17.7. The fourth-order valence-corrected chi connectivity index (χ4v) is 1.95. The number of nitrogens with zero attached hydrogens (tertiary/aromatic N) is 1. The van der Waals surface area contributed by atoms with Crippen LogP contribution in [0.3, 0.4) is 0 Å². The molecule has 2 rings (SSSR count). The topological polar surface area (TPSA) is 96.5 Å². The zero-order valence-electron chi connectivity index (χ0n) is 13.3.